The van der Waals surface area contributed by atoms with Crippen LogP contribution in [0, 0.1) is 0 Å². The first-order chi connectivity index (χ1) is 10.7. The molecular formula is C18H25ClN2O2. The molecular weight excluding hydrogens is 312 g/mol. The summed E-state index contributed by atoms with van der Waals surface area (Å²) in [5, 5.41) is 4.45. The molecule has 1 aliphatic heterocycles. The lowest BCUT2D eigenvalue weighted by atomic mass is 10.0. The minimum atomic E-state index is -0.0259. The summed E-state index contributed by atoms with van der Waals surface area (Å²) in [4.78, 5) is 14.4. The Kier molecular flexibility index (Phi) is 6.08. The lowest BCUT2D eigenvalue weighted by Gasteiger charge is -2.27. The van der Waals surface area contributed by atoms with E-state index >= 15 is 0 Å². The van der Waals surface area contributed by atoms with Gasteiger partial charge in [0, 0.05) is 31.0 Å². The van der Waals surface area contributed by atoms with Gasteiger partial charge >= 0.3 is 0 Å². The minimum Gasteiger partial charge on any atom is -0.461 e. The first-order valence-electron chi connectivity index (χ1n) is 8.18. The average molecular weight is 337 g/mol. The molecule has 4 nitrogen and oxygen atoms in total. The third-order valence-electron chi connectivity index (χ3n) is 4.48. The van der Waals surface area contributed by atoms with Crippen LogP contribution in [0.3, 0.4) is 0 Å². The van der Waals surface area contributed by atoms with E-state index in [2.05, 4.69) is 18.3 Å². The van der Waals surface area contributed by atoms with Crippen molar-refractivity contribution in [3.8, 4) is 0 Å². The van der Waals surface area contributed by atoms with Gasteiger partial charge in [0.1, 0.15) is 11.3 Å². The van der Waals surface area contributed by atoms with E-state index in [0.717, 1.165) is 48.1 Å². The van der Waals surface area contributed by atoms with Gasteiger partial charge in [-0.3, -0.25) is 4.79 Å². The van der Waals surface area contributed by atoms with E-state index in [0.29, 0.717) is 6.54 Å². The van der Waals surface area contributed by atoms with E-state index in [1.165, 1.54) is 6.42 Å². The lowest BCUT2D eigenvalue weighted by Crippen LogP contribution is -2.47. The van der Waals surface area contributed by atoms with Crippen molar-refractivity contribution >= 4 is 29.3 Å². The number of rotatable bonds is 4. The van der Waals surface area contributed by atoms with Crippen LogP contribution in [0.4, 0.5) is 0 Å². The molecule has 1 aliphatic rings. The zero-order valence-electron chi connectivity index (χ0n) is 13.8. The van der Waals surface area contributed by atoms with Crippen molar-refractivity contribution in [2.75, 3.05) is 13.6 Å². The second-order valence-electron chi connectivity index (χ2n) is 6.05. The standard InChI is InChI=1S/C18H24N2O2.ClH/c1-3-16-14(13-8-4-5-10-17(13)22-16)12-20(2)18(21)15-9-6-7-11-19-15;/h4-5,8,10,15,19H,3,6-7,9,11-12H2,1-2H3;1H. The molecule has 0 saturated carbocycles. The number of fused-ring (bicyclic) bond motifs is 1. The van der Waals surface area contributed by atoms with Crippen molar-refractivity contribution < 1.29 is 9.21 Å². The third kappa shape index (κ3) is 3.70. The number of likely N-dealkylation sites (N-methyl/N-ethyl adjacent to an activating group) is 1. The summed E-state index contributed by atoms with van der Waals surface area (Å²) in [7, 11) is 1.89. The molecule has 23 heavy (non-hydrogen) atoms. The molecule has 1 fully saturated rings. The SMILES string of the molecule is CCc1oc2ccccc2c1CN(C)C(=O)C1CCCCN1.Cl. The minimum absolute atomic E-state index is 0. The van der Waals surface area contributed by atoms with Crippen molar-refractivity contribution in [1.82, 2.24) is 10.2 Å². The molecule has 1 amide bonds. The Balaban J connectivity index is 0.00000192. The van der Waals surface area contributed by atoms with Crippen LogP contribution < -0.4 is 5.32 Å². The Bertz CT molecular complexity index is 662. The van der Waals surface area contributed by atoms with Gasteiger partial charge < -0.3 is 14.6 Å². The fraction of sp³-hybridized carbons (Fsp3) is 0.500. The molecule has 3 rings (SSSR count). The zero-order valence-corrected chi connectivity index (χ0v) is 14.6. The van der Waals surface area contributed by atoms with Gasteiger partial charge in [-0.1, -0.05) is 31.5 Å². The number of carbonyl (C=O) groups excluding carboxylic acids is 1. The highest BCUT2D eigenvalue weighted by Gasteiger charge is 2.25. The van der Waals surface area contributed by atoms with E-state index in [9.17, 15) is 4.79 Å². The van der Waals surface area contributed by atoms with E-state index in [-0.39, 0.29) is 24.4 Å². The number of hydrogen-bond acceptors (Lipinski definition) is 3. The van der Waals surface area contributed by atoms with Crippen molar-refractivity contribution in [3.63, 3.8) is 0 Å². The highest BCUT2D eigenvalue weighted by Crippen LogP contribution is 2.27. The first kappa shape index (κ1) is 17.8. The molecule has 1 saturated heterocycles. The van der Waals surface area contributed by atoms with Crippen LogP contribution in [0.5, 0.6) is 0 Å². The molecule has 1 unspecified atom stereocenters. The molecule has 0 bridgehead atoms. The van der Waals surface area contributed by atoms with Crippen LogP contribution in [0.1, 0.15) is 37.5 Å². The monoisotopic (exact) mass is 336 g/mol. The van der Waals surface area contributed by atoms with Gasteiger partial charge in [-0.05, 0) is 25.5 Å². The predicted molar refractivity (Wildman–Crippen MR) is 95.0 cm³/mol. The molecule has 0 spiro atoms. The fourth-order valence-corrected chi connectivity index (χ4v) is 3.25. The lowest BCUT2D eigenvalue weighted by molar-refractivity contribution is -0.133. The number of benzene rings is 1. The largest absolute Gasteiger partial charge is 0.461 e. The van der Waals surface area contributed by atoms with Gasteiger partial charge in [-0.2, -0.15) is 0 Å². The van der Waals surface area contributed by atoms with E-state index in [1.807, 2.05) is 30.1 Å². The van der Waals surface area contributed by atoms with Gasteiger partial charge in [0.15, 0.2) is 0 Å². The molecule has 5 heteroatoms. The van der Waals surface area contributed by atoms with Crippen molar-refractivity contribution in [2.45, 2.75) is 45.2 Å². The van der Waals surface area contributed by atoms with Crippen LogP contribution in [-0.2, 0) is 17.8 Å². The number of aryl methyl sites for hydroxylation is 1. The number of furan rings is 1. The second-order valence-corrected chi connectivity index (χ2v) is 6.05. The summed E-state index contributed by atoms with van der Waals surface area (Å²) >= 11 is 0. The topological polar surface area (TPSA) is 45.5 Å². The molecule has 2 heterocycles. The van der Waals surface area contributed by atoms with Crippen molar-refractivity contribution in [2.24, 2.45) is 0 Å². The molecule has 1 aromatic heterocycles. The summed E-state index contributed by atoms with van der Waals surface area (Å²) in [5.41, 5.74) is 2.05. The van der Waals surface area contributed by atoms with Gasteiger partial charge in [0.05, 0.1) is 6.04 Å². The first-order valence-corrected chi connectivity index (χ1v) is 8.18. The van der Waals surface area contributed by atoms with E-state index in [4.69, 9.17) is 4.42 Å². The number of amides is 1. The molecule has 2 aromatic rings. The number of nitrogens with one attached hydrogen (secondary N) is 1. The highest BCUT2D eigenvalue weighted by molar-refractivity contribution is 5.85. The third-order valence-corrected chi connectivity index (χ3v) is 4.48. The number of halogens is 1. The van der Waals surface area contributed by atoms with Crippen LogP contribution in [-0.4, -0.2) is 30.4 Å². The quantitative estimate of drug-likeness (QED) is 0.929. The maximum absolute atomic E-state index is 12.6. The predicted octanol–water partition coefficient (Wildman–Crippen LogP) is 3.52. The Morgan fingerprint density at radius 2 is 2.13 bits per heavy atom. The maximum Gasteiger partial charge on any atom is 0.239 e. The summed E-state index contributed by atoms with van der Waals surface area (Å²) in [6.07, 6.45) is 4.08. The number of para-hydroxylation sites is 1. The van der Waals surface area contributed by atoms with Crippen LogP contribution >= 0.6 is 12.4 Å². The number of piperidine rings is 1. The van der Waals surface area contributed by atoms with Crippen LogP contribution in [0.2, 0.25) is 0 Å². The van der Waals surface area contributed by atoms with E-state index < -0.39 is 0 Å². The summed E-state index contributed by atoms with van der Waals surface area (Å²) < 4.78 is 5.92. The smallest absolute Gasteiger partial charge is 0.239 e. The molecule has 0 radical (unpaired) electrons. The Hall–Kier alpha value is -1.52. The molecule has 0 aliphatic carbocycles. The summed E-state index contributed by atoms with van der Waals surface area (Å²) in [6.45, 7) is 3.64. The molecule has 1 N–H and O–H groups in total. The normalized spacial score (nSPS) is 17.7. The zero-order chi connectivity index (χ0) is 15.5. The summed E-state index contributed by atoms with van der Waals surface area (Å²) in [6, 6.07) is 8.04. The number of carbonyl (C=O) groups is 1. The molecule has 1 aromatic carbocycles. The van der Waals surface area contributed by atoms with Crippen molar-refractivity contribution in [1.29, 1.82) is 0 Å². The van der Waals surface area contributed by atoms with Gasteiger partial charge in [-0.25, -0.2) is 0 Å². The Morgan fingerprint density at radius 1 is 1.35 bits per heavy atom. The number of hydrogen-bond donors (Lipinski definition) is 1. The Morgan fingerprint density at radius 3 is 2.83 bits per heavy atom. The van der Waals surface area contributed by atoms with E-state index in [1.54, 1.807) is 0 Å². The molecule has 126 valence electrons. The van der Waals surface area contributed by atoms with Gasteiger partial charge in [0.2, 0.25) is 5.91 Å². The summed E-state index contributed by atoms with van der Waals surface area (Å²) in [5.74, 6) is 1.17. The molecule has 1 atom stereocenters. The fourth-order valence-electron chi connectivity index (χ4n) is 3.25. The number of nitrogens with zero attached hydrogens (tertiary/aromatic N) is 1. The van der Waals surface area contributed by atoms with Crippen molar-refractivity contribution in [3.05, 3.63) is 35.6 Å². The van der Waals surface area contributed by atoms with Crippen LogP contribution in [0.15, 0.2) is 28.7 Å². The Labute approximate surface area is 143 Å². The second kappa shape index (κ2) is 7.84. The van der Waals surface area contributed by atoms with Gasteiger partial charge in [0.25, 0.3) is 0 Å². The van der Waals surface area contributed by atoms with Gasteiger partial charge in [-0.15, -0.1) is 12.4 Å². The van der Waals surface area contributed by atoms with Crippen LogP contribution in [0.25, 0.3) is 11.0 Å². The average Bonchev–Trinajstić information content (AvgIpc) is 2.93. The highest BCUT2D eigenvalue weighted by atomic mass is 35.5. The maximum atomic E-state index is 12.6.